The predicted octanol–water partition coefficient (Wildman–Crippen LogP) is 5.43. The highest BCUT2D eigenvalue weighted by Gasteiger charge is 2.04. The molecule has 0 unspecified atom stereocenters. The molecule has 0 fully saturated rings. The second kappa shape index (κ2) is 10.6. The van der Waals surface area contributed by atoms with Crippen molar-refractivity contribution in [3.63, 3.8) is 0 Å². The molecule has 0 saturated carbocycles. The standard InChI is InChI=1S/C12H16OS.C9H11NO/c1-9(2)12-5-4-11(8-10(12)3)13-6-7-14;1-7(11)8-4-3-5-9(6-8)10-2/h4-5,7-9H,6H2,1-3H3;3-6,10H,1-2H3. The molecule has 0 aliphatic heterocycles. The van der Waals surface area contributed by atoms with Gasteiger partial charge in [-0.3, -0.25) is 4.79 Å². The fourth-order valence-corrected chi connectivity index (χ4v) is 2.48. The van der Waals surface area contributed by atoms with Gasteiger partial charge in [-0.05, 0) is 55.2 Å². The molecule has 0 aromatic heterocycles. The Morgan fingerprint density at radius 2 is 1.96 bits per heavy atom. The zero-order chi connectivity index (χ0) is 18.8. The van der Waals surface area contributed by atoms with E-state index in [4.69, 9.17) is 17.0 Å². The highest BCUT2D eigenvalue weighted by molar-refractivity contribution is 7.79. The molecule has 0 aliphatic carbocycles. The minimum atomic E-state index is 0.0992. The number of hydrogen-bond donors (Lipinski definition) is 1. The van der Waals surface area contributed by atoms with E-state index in [2.05, 4.69) is 38.2 Å². The normalized spacial score (nSPS) is 9.84. The van der Waals surface area contributed by atoms with Crippen LogP contribution in [-0.4, -0.2) is 24.8 Å². The van der Waals surface area contributed by atoms with Crippen molar-refractivity contribution in [3.05, 3.63) is 59.2 Å². The van der Waals surface area contributed by atoms with Gasteiger partial charge in [0.1, 0.15) is 12.4 Å². The van der Waals surface area contributed by atoms with E-state index in [1.54, 1.807) is 12.3 Å². The Bertz CT molecular complexity index is 711. The van der Waals surface area contributed by atoms with Gasteiger partial charge in [0.2, 0.25) is 0 Å². The van der Waals surface area contributed by atoms with E-state index in [0.29, 0.717) is 12.5 Å². The third-order valence-electron chi connectivity index (χ3n) is 3.74. The van der Waals surface area contributed by atoms with Crippen molar-refractivity contribution in [2.45, 2.75) is 33.6 Å². The van der Waals surface area contributed by atoms with E-state index in [9.17, 15) is 4.79 Å². The van der Waals surface area contributed by atoms with Gasteiger partial charge in [-0.2, -0.15) is 0 Å². The van der Waals surface area contributed by atoms with Gasteiger partial charge in [0, 0.05) is 23.7 Å². The molecule has 0 atom stereocenters. The lowest BCUT2D eigenvalue weighted by atomic mass is 9.98. The van der Waals surface area contributed by atoms with Gasteiger partial charge in [0.15, 0.2) is 5.78 Å². The summed E-state index contributed by atoms with van der Waals surface area (Å²) in [5.41, 5.74) is 4.37. The smallest absolute Gasteiger partial charge is 0.159 e. The van der Waals surface area contributed by atoms with Gasteiger partial charge in [0.25, 0.3) is 0 Å². The van der Waals surface area contributed by atoms with Gasteiger partial charge in [-0.25, -0.2) is 0 Å². The number of anilines is 1. The van der Waals surface area contributed by atoms with Crippen LogP contribution in [-0.2, 0) is 0 Å². The molecule has 2 aromatic rings. The van der Waals surface area contributed by atoms with E-state index in [1.165, 1.54) is 11.1 Å². The molecule has 4 heteroatoms. The number of nitrogens with one attached hydrogen (secondary N) is 1. The Labute approximate surface area is 156 Å². The summed E-state index contributed by atoms with van der Waals surface area (Å²) >= 11 is 4.70. The van der Waals surface area contributed by atoms with Crippen LogP contribution in [0.1, 0.15) is 48.2 Å². The molecule has 0 bridgehead atoms. The number of rotatable bonds is 6. The Morgan fingerprint density at radius 1 is 1.24 bits per heavy atom. The van der Waals surface area contributed by atoms with Crippen LogP contribution < -0.4 is 10.1 Å². The highest BCUT2D eigenvalue weighted by Crippen LogP contribution is 2.23. The van der Waals surface area contributed by atoms with Gasteiger partial charge in [-0.1, -0.05) is 44.3 Å². The largest absolute Gasteiger partial charge is 0.489 e. The quantitative estimate of drug-likeness (QED) is 0.553. The fraction of sp³-hybridized carbons (Fsp3) is 0.333. The van der Waals surface area contributed by atoms with Crippen molar-refractivity contribution < 1.29 is 9.53 Å². The Balaban J connectivity index is 0.000000257. The van der Waals surface area contributed by atoms with Crippen LogP contribution in [0.4, 0.5) is 5.69 Å². The molecule has 0 amide bonds. The van der Waals surface area contributed by atoms with Crippen molar-refractivity contribution in [1.29, 1.82) is 0 Å². The molecule has 2 rings (SSSR count). The van der Waals surface area contributed by atoms with Crippen LogP contribution >= 0.6 is 12.2 Å². The minimum Gasteiger partial charge on any atom is -0.489 e. The summed E-state index contributed by atoms with van der Waals surface area (Å²) in [6.45, 7) is 8.56. The summed E-state index contributed by atoms with van der Waals surface area (Å²) in [4.78, 5) is 10.9. The monoisotopic (exact) mass is 357 g/mol. The fourth-order valence-electron chi connectivity index (χ4n) is 2.41. The number of thiocarbonyl (C=S) groups is 1. The minimum absolute atomic E-state index is 0.0992. The molecule has 2 aromatic carbocycles. The topological polar surface area (TPSA) is 38.3 Å². The maximum Gasteiger partial charge on any atom is 0.159 e. The Morgan fingerprint density at radius 3 is 2.48 bits per heavy atom. The molecule has 134 valence electrons. The number of hydrogen-bond acceptors (Lipinski definition) is 4. The first-order chi connectivity index (χ1) is 11.9. The number of aryl methyl sites for hydroxylation is 1. The van der Waals surface area contributed by atoms with E-state index in [-0.39, 0.29) is 5.78 Å². The SMILES string of the molecule is CNc1cccc(C(C)=O)c1.Cc1cc(OCC=S)ccc1C(C)C. The molecule has 0 radical (unpaired) electrons. The van der Waals surface area contributed by atoms with E-state index < -0.39 is 0 Å². The van der Waals surface area contributed by atoms with Gasteiger partial charge in [-0.15, -0.1) is 0 Å². The van der Waals surface area contributed by atoms with Gasteiger partial charge in [0.05, 0.1) is 0 Å². The number of Topliss-reactive ketones (excluding diaryl/α,β-unsaturated/α-hetero) is 1. The first-order valence-electron chi connectivity index (χ1n) is 8.34. The molecule has 0 spiro atoms. The highest BCUT2D eigenvalue weighted by atomic mass is 32.1. The van der Waals surface area contributed by atoms with E-state index in [0.717, 1.165) is 17.0 Å². The second-order valence-electron chi connectivity index (χ2n) is 6.04. The number of ether oxygens (including phenoxy) is 1. The molecule has 0 aliphatic rings. The summed E-state index contributed by atoms with van der Waals surface area (Å²) in [7, 11) is 1.83. The second-order valence-corrected chi connectivity index (χ2v) is 6.37. The van der Waals surface area contributed by atoms with Crippen molar-refractivity contribution >= 4 is 29.1 Å². The third-order valence-corrected chi connectivity index (χ3v) is 3.88. The molecular weight excluding hydrogens is 330 g/mol. The number of benzene rings is 2. The average Bonchev–Trinajstić information content (AvgIpc) is 2.60. The summed E-state index contributed by atoms with van der Waals surface area (Å²) in [5, 5.41) is 4.56. The van der Waals surface area contributed by atoms with Crippen molar-refractivity contribution in [3.8, 4) is 5.75 Å². The first kappa shape index (κ1) is 20.8. The van der Waals surface area contributed by atoms with Crippen LogP contribution in [0.15, 0.2) is 42.5 Å². The molecule has 3 nitrogen and oxygen atoms in total. The van der Waals surface area contributed by atoms with Crippen LogP contribution in [0.5, 0.6) is 5.75 Å². The van der Waals surface area contributed by atoms with E-state index in [1.807, 2.05) is 37.4 Å². The number of ketones is 1. The van der Waals surface area contributed by atoms with Gasteiger partial charge < -0.3 is 10.1 Å². The zero-order valence-corrected chi connectivity index (χ0v) is 16.4. The van der Waals surface area contributed by atoms with Crippen LogP contribution in [0, 0.1) is 6.92 Å². The zero-order valence-electron chi connectivity index (χ0n) is 15.6. The maximum atomic E-state index is 10.9. The summed E-state index contributed by atoms with van der Waals surface area (Å²) in [5.74, 6) is 1.56. The molecular formula is C21H27NO2S. The number of carbonyl (C=O) groups excluding carboxylic acids is 1. The lowest BCUT2D eigenvalue weighted by Gasteiger charge is -2.11. The van der Waals surface area contributed by atoms with Gasteiger partial charge >= 0.3 is 0 Å². The Kier molecular flexibility index (Phi) is 8.86. The van der Waals surface area contributed by atoms with Crippen LogP contribution in [0.25, 0.3) is 0 Å². The van der Waals surface area contributed by atoms with Crippen LogP contribution in [0.2, 0.25) is 0 Å². The summed E-state index contributed by atoms with van der Waals surface area (Å²) in [6.07, 6.45) is 0. The summed E-state index contributed by atoms with van der Waals surface area (Å²) in [6, 6.07) is 13.6. The lowest BCUT2D eigenvalue weighted by Crippen LogP contribution is -1.98. The van der Waals surface area contributed by atoms with Crippen molar-refractivity contribution in [2.24, 2.45) is 0 Å². The van der Waals surface area contributed by atoms with E-state index >= 15 is 0 Å². The average molecular weight is 358 g/mol. The molecule has 1 N–H and O–H groups in total. The molecule has 25 heavy (non-hydrogen) atoms. The first-order valence-corrected chi connectivity index (χ1v) is 8.82. The molecule has 0 heterocycles. The lowest BCUT2D eigenvalue weighted by molar-refractivity contribution is 0.101. The maximum absolute atomic E-state index is 10.9. The van der Waals surface area contributed by atoms with Crippen LogP contribution in [0.3, 0.4) is 0 Å². The number of carbonyl (C=O) groups is 1. The third kappa shape index (κ3) is 7.06. The Hall–Kier alpha value is -2.20. The van der Waals surface area contributed by atoms with Crippen molar-refractivity contribution in [1.82, 2.24) is 0 Å². The van der Waals surface area contributed by atoms with Crippen molar-refractivity contribution in [2.75, 3.05) is 19.0 Å². The summed E-state index contributed by atoms with van der Waals surface area (Å²) < 4.78 is 5.41. The molecule has 0 saturated heterocycles. The predicted molar refractivity (Wildman–Crippen MR) is 110 cm³/mol.